The fourth-order valence-corrected chi connectivity index (χ4v) is 3.90. The standard InChI is InChI=1S/C19H20N6O2S/c1-23-12-21-16-15(23)17(26)25(19(27)24(16)2)9-6-10-28-18-20-11-14(22-18)13-7-4-3-5-8-13/h3-5,7-8,11-12H,6,9-10H2,1-2H3,(H,20,22). The Kier molecular flexibility index (Phi) is 4.91. The number of H-pyrrole nitrogens is 1. The summed E-state index contributed by atoms with van der Waals surface area (Å²) in [6, 6.07) is 10.0. The number of aromatic amines is 1. The number of nitrogens with one attached hydrogen (secondary N) is 1. The number of aromatic nitrogens is 6. The zero-order valence-electron chi connectivity index (χ0n) is 15.6. The van der Waals surface area contributed by atoms with E-state index in [9.17, 15) is 9.59 Å². The van der Waals surface area contributed by atoms with E-state index in [1.807, 2.05) is 36.5 Å². The third-order valence-corrected chi connectivity index (χ3v) is 5.58. The van der Waals surface area contributed by atoms with E-state index in [4.69, 9.17) is 0 Å². The van der Waals surface area contributed by atoms with E-state index in [1.54, 1.807) is 36.8 Å². The Labute approximate surface area is 164 Å². The number of hydrogen-bond donors (Lipinski definition) is 1. The molecule has 28 heavy (non-hydrogen) atoms. The van der Waals surface area contributed by atoms with E-state index in [0.717, 1.165) is 22.2 Å². The maximum absolute atomic E-state index is 12.7. The minimum Gasteiger partial charge on any atom is -0.333 e. The van der Waals surface area contributed by atoms with Crippen LogP contribution in [0.25, 0.3) is 22.4 Å². The highest BCUT2D eigenvalue weighted by Crippen LogP contribution is 2.21. The lowest BCUT2D eigenvalue weighted by Gasteiger charge is -2.08. The molecule has 0 spiro atoms. The molecule has 8 nitrogen and oxygen atoms in total. The van der Waals surface area contributed by atoms with Gasteiger partial charge in [-0.1, -0.05) is 42.1 Å². The molecule has 4 rings (SSSR count). The molecule has 0 aliphatic rings. The van der Waals surface area contributed by atoms with E-state index in [2.05, 4.69) is 15.0 Å². The summed E-state index contributed by atoms with van der Waals surface area (Å²) < 4.78 is 4.35. The maximum atomic E-state index is 12.7. The normalized spacial score (nSPS) is 11.4. The van der Waals surface area contributed by atoms with E-state index in [-0.39, 0.29) is 11.2 Å². The van der Waals surface area contributed by atoms with Crippen molar-refractivity contribution in [2.24, 2.45) is 14.1 Å². The Morgan fingerprint density at radius 2 is 1.89 bits per heavy atom. The van der Waals surface area contributed by atoms with Crippen LogP contribution in [0.3, 0.4) is 0 Å². The van der Waals surface area contributed by atoms with Gasteiger partial charge in [0.05, 0.1) is 18.2 Å². The van der Waals surface area contributed by atoms with Crippen LogP contribution in [0.1, 0.15) is 6.42 Å². The van der Waals surface area contributed by atoms with Gasteiger partial charge in [0.25, 0.3) is 5.56 Å². The highest BCUT2D eigenvalue weighted by atomic mass is 32.2. The van der Waals surface area contributed by atoms with Crippen molar-refractivity contribution < 1.29 is 0 Å². The fraction of sp³-hybridized carbons (Fsp3) is 0.263. The molecule has 4 aromatic rings. The summed E-state index contributed by atoms with van der Waals surface area (Å²) in [5.41, 5.74) is 2.26. The molecule has 1 N–H and O–H groups in total. The minimum absolute atomic E-state index is 0.299. The minimum atomic E-state index is -0.342. The van der Waals surface area contributed by atoms with E-state index < -0.39 is 0 Å². The fourth-order valence-electron chi connectivity index (χ4n) is 3.13. The van der Waals surface area contributed by atoms with Crippen molar-refractivity contribution in [1.29, 1.82) is 0 Å². The lowest BCUT2D eigenvalue weighted by atomic mass is 10.2. The molecule has 9 heteroatoms. The van der Waals surface area contributed by atoms with Gasteiger partial charge in [-0.2, -0.15) is 0 Å². The smallest absolute Gasteiger partial charge is 0.332 e. The molecule has 144 valence electrons. The highest BCUT2D eigenvalue weighted by Gasteiger charge is 2.14. The molecule has 0 saturated carbocycles. The first-order valence-electron chi connectivity index (χ1n) is 8.90. The van der Waals surface area contributed by atoms with Crippen LogP contribution in [-0.2, 0) is 20.6 Å². The van der Waals surface area contributed by atoms with Crippen LogP contribution in [0, 0.1) is 0 Å². The molecule has 0 radical (unpaired) electrons. The topological polar surface area (TPSA) is 90.5 Å². The van der Waals surface area contributed by atoms with Gasteiger partial charge in [0.15, 0.2) is 16.3 Å². The summed E-state index contributed by atoms with van der Waals surface area (Å²) in [5, 5.41) is 0.821. The molecule has 0 atom stereocenters. The summed E-state index contributed by atoms with van der Waals surface area (Å²) >= 11 is 1.57. The van der Waals surface area contributed by atoms with Crippen molar-refractivity contribution in [3.05, 3.63) is 63.7 Å². The van der Waals surface area contributed by atoms with Gasteiger partial charge in [-0.25, -0.2) is 14.8 Å². The molecule has 0 saturated heterocycles. The number of aryl methyl sites for hydroxylation is 2. The zero-order valence-corrected chi connectivity index (χ0v) is 16.4. The molecule has 0 bridgehead atoms. The Morgan fingerprint density at radius 1 is 1.11 bits per heavy atom. The zero-order chi connectivity index (χ0) is 19.7. The molecular weight excluding hydrogens is 376 g/mol. The Bertz CT molecular complexity index is 1240. The van der Waals surface area contributed by atoms with Crippen molar-refractivity contribution in [1.82, 2.24) is 28.7 Å². The summed E-state index contributed by atoms with van der Waals surface area (Å²) in [7, 11) is 3.39. The first kappa shape index (κ1) is 18.3. The molecule has 3 heterocycles. The molecular formula is C19H20N6O2S. The third kappa shape index (κ3) is 3.29. The van der Waals surface area contributed by atoms with Crippen LogP contribution in [0.2, 0.25) is 0 Å². The predicted molar refractivity (Wildman–Crippen MR) is 110 cm³/mol. The lowest BCUT2D eigenvalue weighted by molar-refractivity contribution is 0.594. The second kappa shape index (κ2) is 7.51. The Balaban J connectivity index is 1.44. The van der Waals surface area contributed by atoms with Gasteiger partial charge in [-0.3, -0.25) is 13.9 Å². The van der Waals surface area contributed by atoms with Gasteiger partial charge < -0.3 is 9.55 Å². The van der Waals surface area contributed by atoms with Gasteiger partial charge >= 0.3 is 5.69 Å². The van der Waals surface area contributed by atoms with Crippen LogP contribution < -0.4 is 11.2 Å². The van der Waals surface area contributed by atoms with Gasteiger partial charge in [0.1, 0.15) is 0 Å². The Morgan fingerprint density at radius 3 is 2.68 bits per heavy atom. The summed E-state index contributed by atoms with van der Waals surface area (Å²) in [5.74, 6) is 0.737. The summed E-state index contributed by atoms with van der Waals surface area (Å²) in [6.45, 7) is 0.353. The van der Waals surface area contributed by atoms with Crippen LogP contribution in [0.15, 0.2) is 57.6 Å². The molecule has 0 aliphatic carbocycles. The second-order valence-electron chi connectivity index (χ2n) is 6.50. The predicted octanol–water partition coefficient (Wildman–Crippen LogP) is 2.01. The maximum Gasteiger partial charge on any atom is 0.332 e. The van der Waals surface area contributed by atoms with Crippen LogP contribution in [0.4, 0.5) is 0 Å². The first-order valence-corrected chi connectivity index (χ1v) is 9.89. The van der Waals surface area contributed by atoms with Crippen molar-refractivity contribution in [3.63, 3.8) is 0 Å². The highest BCUT2D eigenvalue weighted by molar-refractivity contribution is 7.99. The number of benzene rings is 1. The van der Waals surface area contributed by atoms with E-state index in [1.165, 1.54) is 9.13 Å². The molecule has 1 aromatic carbocycles. The summed E-state index contributed by atoms with van der Waals surface area (Å²) in [4.78, 5) is 37.0. The number of nitrogens with zero attached hydrogens (tertiary/aromatic N) is 5. The number of thioether (sulfide) groups is 1. The van der Waals surface area contributed by atoms with Crippen molar-refractivity contribution in [3.8, 4) is 11.3 Å². The van der Waals surface area contributed by atoms with Gasteiger partial charge in [-0.15, -0.1) is 0 Å². The molecule has 0 fully saturated rings. The van der Waals surface area contributed by atoms with Gasteiger partial charge in [0, 0.05) is 26.4 Å². The van der Waals surface area contributed by atoms with Gasteiger partial charge in [0.2, 0.25) is 0 Å². The van der Waals surface area contributed by atoms with E-state index >= 15 is 0 Å². The number of imidazole rings is 2. The second-order valence-corrected chi connectivity index (χ2v) is 7.58. The molecule has 0 amide bonds. The quantitative estimate of drug-likeness (QED) is 0.398. The van der Waals surface area contributed by atoms with Crippen molar-refractivity contribution in [2.45, 2.75) is 18.1 Å². The SMILES string of the molecule is Cn1cnc2c1c(=O)n(CCCSc1ncc(-c3ccccc3)[nH]1)c(=O)n2C. The van der Waals surface area contributed by atoms with Crippen LogP contribution in [0.5, 0.6) is 0 Å². The number of fused-ring (bicyclic) bond motifs is 1. The number of rotatable bonds is 6. The van der Waals surface area contributed by atoms with Gasteiger partial charge in [-0.05, 0) is 12.0 Å². The van der Waals surface area contributed by atoms with Crippen LogP contribution >= 0.6 is 11.8 Å². The van der Waals surface area contributed by atoms with Crippen molar-refractivity contribution >= 4 is 22.9 Å². The van der Waals surface area contributed by atoms with E-state index in [0.29, 0.717) is 24.1 Å². The summed E-state index contributed by atoms with van der Waals surface area (Å²) in [6.07, 6.45) is 4.03. The molecule has 0 unspecified atom stereocenters. The first-order chi connectivity index (χ1) is 13.6. The molecule has 3 aromatic heterocycles. The average molecular weight is 396 g/mol. The average Bonchev–Trinajstić information content (AvgIpc) is 3.33. The largest absolute Gasteiger partial charge is 0.333 e. The monoisotopic (exact) mass is 396 g/mol. The lowest BCUT2D eigenvalue weighted by Crippen LogP contribution is -2.39. The van der Waals surface area contributed by atoms with Crippen molar-refractivity contribution in [2.75, 3.05) is 5.75 Å². The number of hydrogen-bond acceptors (Lipinski definition) is 5. The Hall–Kier alpha value is -3.07. The third-order valence-electron chi connectivity index (χ3n) is 4.60. The molecule has 0 aliphatic heterocycles. The van der Waals surface area contributed by atoms with Crippen LogP contribution in [-0.4, -0.2) is 34.4 Å².